The number of aryl methyl sites for hydroxylation is 1. The van der Waals surface area contributed by atoms with E-state index in [0.29, 0.717) is 17.5 Å². The number of aromatic nitrogens is 2. The van der Waals surface area contributed by atoms with Gasteiger partial charge in [-0.1, -0.05) is 11.6 Å². The van der Waals surface area contributed by atoms with Crippen LogP contribution in [0, 0.1) is 6.92 Å². The van der Waals surface area contributed by atoms with Gasteiger partial charge in [0.1, 0.15) is 5.15 Å². The van der Waals surface area contributed by atoms with E-state index in [9.17, 15) is 4.79 Å². The first kappa shape index (κ1) is 13.2. The van der Waals surface area contributed by atoms with Gasteiger partial charge in [0.25, 0.3) is 0 Å². The highest BCUT2D eigenvalue weighted by Crippen LogP contribution is 2.10. The number of unbranched alkanes of at least 4 members (excludes halogenated alkanes) is 1. The van der Waals surface area contributed by atoms with Crippen LogP contribution < -0.4 is 5.32 Å². The molecule has 0 spiro atoms. The molecule has 1 aromatic heterocycles. The lowest BCUT2D eigenvalue weighted by atomic mass is 10.2. The number of hydrogen-bond acceptors (Lipinski definition) is 3. The Morgan fingerprint density at radius 2 is 2.19 bits per heavy atom. The molecule has 0 fully saturated rings. The lowest BCUT2D eigenvalue weighted by molar-refractivity contribution is -0.116. The number of carbonyl (C=O) groups excluding carboxylic acids is 1. The standard InChI is InChI=1S/C10H13Cl2N3O/c1-7-6-8(12)14-10(13-7)15-9(16)4-2-3-5-11/h6H,2-5H2,1H3,(H,13,14,15,16). The van der Waals surface area contributed by atoms with Crippen LogP contribution in [0.4, 0.5) is 5.95 Å². The second-order valence-electron chi connectivity index (χ2n) is 3.35. The molecular weight excluding hydrogens is 249 g/mol. The summed E-state index contributed by atoms with van der Waals surface area (Å²) < 4.78 is 0. The zero-order valence-corrected chi connectivity index (χ0v) is 10.5. The van der Waals surface area contributed by atoms with Crippen molar-refractivity contribution in [3.8, 4) is 0 Å². The fourth-order valence-electron chi connectivity index (χ4n) is 1.15. The lowest BCUT2D eigenvalue weighted by Gasteiger charge is -2.04. The first-order valence-corrected chi connectivity index (χ1v) is 5.90. The maximum absolute atomic E-state index is 11.4. The first-order chi connectivity index (χ1) is 7.61. The number of carbonyl (C=O) groups is 1. The summed E-state index contributed by atoms with van der Waals surface area (Å²) in [7, 11) is 0. The molecule has 0 radical (unpaired) electrons. The van der Waals surface area contributed by atoms with Gasteiger partial charge in [-0.3, -0.25) is 10.1 Å². The Balaban J connectivity index is 2.49. The second-order valence-corrected chi connectivity index (χ2v) is 4.12. The van der Waals surface area contributed by atoms with Crippen molar-refractivity contribution in [3.63, 3.8) is 0 Å². The Morgan fingerprint density at radius 3 is 2.81 bits per heavy atom. The van der Waals surface area contributed by atoms with Crippen molar-refractivity contribution in [1.29, 1.82) is 0 Å². The number of rotatable bonds is 5. The molecule has 4 nitrogen and oxygen atoms in total. The fourth-order valence-corrected chi connectivity index (χ4v) is 1.58. The number of halogens is 2. The highest BCUT2D eigenvalue weighted by atomic mass is 35.5. The van der Waals surface area contributed by atoms with Crippen molar-refractivity contribution in [2.75, 3.05) is 11.2 Å². The Morgan fingerprint density at radius 1 is 1.44 bits per heavy atom. The lowest BCUT2D eigenvalue weighted by Crippen LogP contribution is -2.14. The second kappa shape index (κ2) is 6.66. The third-order valence-electron chi connectivity index (χ3n) is 1.86. The number of nitrogens with one attached hydrogen (secondary N) is 1. The van der Waals surface area contributed by atoms with Crippen molar-refractivity contribution in [3.05, 3.63) is 16.9 Å². The van der Waals surface area contributed by atoms with Crippen molar-refractivity contribution < 1.29 is 4.79 Å². The fraction of sp³-hybridized carbons (Fsp3) is 0.500. The van der Waals surface area contributed by atoms with Gasteiger partial charge in [-0.2, -0.15) is 0 Å². The van der Waals surface area contributed by atoms with Crippen LogP contribution in [-0.4, -0.2) is 21.8 Å². The van der Waals surface area contributed by atoms with E-state index in [2.05, 4.69) is 15.3 Å². The molecule has 0 saturated heterocycles. The summed E-state index contributed by atoms with van der Waals surface area (Å²) in [4.78, 5) is 19.4. The highest BCUT2D eigenvalue weighted by molar-refractivity contribution is 6.29. The Kier molecular flexibility index (Phi) is 5.49. The minimum atomic E-state index is -0.119. The molecule has 88 valence electrons. The van der Waals surface area contributed by atoms with Gasteiger partial charge >= 0.3 is 0 Å². The summed E-state index contributed by atoms with van der Waals surface area (Å²) in [5, 5.41) is 2.92. The number of amides is 1. The predicted molar refractivity (Wildman–Crippen MR) is 65.0 cm³/mol. The number of nitrogens with zero attached hydrogens (tertiary/aromatic N) is 2. The van der Waals surface area contributed by atoms with Gasteiger partial charge < -0.3 is 0 Å². The van der Waals surface area contributed by atoms with Gasteiger partial charge in [0.2, 0.25) is 11.9 Å². The van der Waals surface area contributed by atoms with E-state index in [0.717, 1.165) is 18.5 Å². The van der Waals surface area contributed by atoms with Crippen molar-refractivity contribution in [2.45, 2.75) is 26.2 Å². The first-order valence-electron chi connectivity index (χ1n) is 4.99. The van der Waals surface area contributed by atoms with Gasteiger partial charge in [-0.25, -0.2) is 9.97 Å². The average Bonchev–Trinajstić information content (AvgIpc) is 2.16. The van der Waals surface area contributed by atoms with Crippen LogP contribution in [0.1, 0.15) is 25.0 Å². The quantitative estimate of drug-likeness (QED) is 0.504. The zero-order valence-electron chi connectivity index (χ0n) is 8.96. The van der Waals surface area contributed by atoms with E-state index >= 15 is 0 Å². The summed E-state index contributed by atoms with van der Waals surface area (Å²) in [6.07, 6.45) is 2.00. The smallest absolute Gasteiger partial charge is 0.231 e. The summed E-state index contributed by atoms with van der Waals surface area (Å²) >= 11 is 11.3. The predicted octanol–water partition coefficient (Wildman–Crippen LogP) is 2.79. The largest absolute Gasteiger partial charge is 0.294 e. The molecule has 0 aliphatic rings. The number of alkyl halides is 1. The summed E-state index contributed by atoms with van der Waals surface area (Å²) in [6, 6.07) is 1.63. The highest BCUT2D eigenvalue weighted by Gasteiger charge is 2.05. The molecule has 16 heavy (non-hydrogen) atoms. The van der Waals surface area contributed by atoms with Gasteiger partial charge in [-0.15, -0.1) is 11.6 Å². The molecule has 1 amide bonds. The Bertz CT molecular complexity index is 351. The molecule has 0 saturated carbocycles. The summed E-state index contributed by atoms with van der Waals surface area (Å²) in [5.74, 6) is 0.702. The van der Waals surface area contributed by atoms with Crippen LogP contribution in [-0.2, 0) is 4.79 Å². The topological polar surface area (TPSA) is 54.9 Å². The van der Waals surface area contributed by atoms with Crippen LogP contribution in [0.25, 0.3) is 0 Å². The van der Waals surface area contributed by atoms with E-state index in [-0.39, 0.29) is 11.9 Å². The molecule has 6 heteroatoms. The molecule has 0 bridgehead atoms. The molecule has 1 rings (SSSR count). The van der Waals surface area contributed by atoms with Gasteiger partial charge in [0.05, 0.1) is 0 Å². The van der Waals surface area contributed by atoms with E-state index in [4.69, 9.17) is 23.2 Å². The molecule has 1 aromatic rings. The molecular formula is C10H13Cl2N3O. The number of hydrogen-bond donors (Lipinski definition) is 1. The molecule has 0 unspecified atom stereocenters. The maximum atomic E-state index is 11.4. The normalized spacial score (nSPS) is 10.2. The summed E-state index contributed by atoms with van der Waals surface area (Å²) in [5.41, 5.74) is 0.719. The van der Waals surface area contributed by atoms with Crippen LogP contribution in [0.2, 0.25) is 5.15 Å². The number of anilines is 1. The molecule has 1 heterocycles. The van der Waals surface area contributed by atoms with E-state index < -0.39 is 0 Å². The van der Waals surface area contributed by atoms with Crippen LogP contribution >= 0.6 is 23.2 Å². The van der Waals surface area contributed by atoms with Gasteiger partial charge in [0, 0.05) is 18.0 Å². The van der Waals surface area contributed by atoms with Crippen molar-refractivity contribution in [1.82, 2.24) is 9.97 Å². The SMILES string of the molecule is Cc1cc(Cl)nc(NC(=O)CCCCCl)n1. The molecule has 0 aliphatic heterocycles. The van der Waals surface area contributed by atoms with E-state index in [1.54, 1.807) is 13.0 Å². The molecule has 0 aromatic carbocycles. The third-order valence-corrected chi connectivity index (χ3v) is 2.32. The van der Waals surface area contributed by atoms with Gasteiger partial charge in [-0.05, 0) is 25.8 Å². The van der Waals surface area contributed by atoms with Crippen LogP contribution in [0.5, 0.6) is 0 Å². The summed E-state index contributed by atoms with van der Waals surface area (Å²) in [6.45, 7) is 1.79. The van der Waals surface area contributed by atoms with E-state index in [1.807, 2.05) is 0 Å². The van der Waals surface area contributed by atoms with Crippen LogP contribution in [0.3, 0.4) is 0 Å². The van der Waals surface area contributed by atoms with Crippen molar-refractivity contribution in [2.24, 2.45) is 0 Å². The zero-order chi connectivity index (χ0) is 12.0. The van der Waals surface area contributed by atoms with Crippen LogP contribution in [0.15, 0.2) is 6.07 Å². The minimum absolute atomic E-state index is 0.119. The molecule has 0 aliphatic carbocycles. The Hall–Kier alpha value is -0.870. The average molecular weight is 262 g/mol. The Labute approximate surface area is 104 Å². The monoisotopic (exact) mass is 261 g/mol. The maximum Gasteiger partial charge on any atom is 0.231 e. The molecule has 1 N–H and O–H groups in total. The minimum Gasteiger partial charge on any atom is -0.294 e. The molecule has 0 atom stereocenters. The van der Waals surface area contributed by atoms with E-state index in [1.165, 1.54) is 0 Å². The third kappa shape index (κ3) is 4.77. The van der Waals surface area contributed by atoms with Gasteiger partial charge in [0.15, 0.2) is 0 Å². The van der Waals surface area contributed by atoms with Crippen molar-refractivity contribution >= 4 is 35.1 Å².